The molecule has 1 aromatic carbocycles. The number of phenols is 2. The summed E-state index contributed by atoms with van der Waals surface area (Å²) in [6, 6.07) is 4.17. The Balaban J connectivity index is 1.68. The molecule has 0 amide bonds. The number of aliphatic hydroxyl groups excluding tert-OH is 4. The Labute approximate surface area is 211 Å². The van der Waals surface area contributed by atoms with Gasteiger partial charge in [0.2, 0.25) is 6.29 Å². The minimum absolute atomic E-state index is 0.0750. The average molecular weight is 526 g/mol. The van der Waals surface area contributed by atoms with E-state index in [0.717, 1.165) is 6.26 Å². The Morgan fingerprint density at radius 2 is 1.81 bits per heavy atom. The highest BCUT2D eigenvalue weighted by atomic mass is 16.8. The highest BCUT2D eigenvalue weighted by molar-refractivity contribution is 5.89. The number of carbonyl (C=O) groups excluding carboxylic acids is 1. The summed E-state index contributed by atoms with van der Waals surface area (Å²) in [6.45, 7) is 0.811. The Morgan fingerprint density at radius 1 is 1.08 bits per heavy atom. The molecule has 1 saturated heterocycles. The van der Waals surface area contributed by atoms with Crippen molar-refractivity contribution in [3.05, 3.63) is 47.2 Å². The molecule has 3 unspecified atom stereocenters. The zero-order valence-electron chi connectivity index (χ0n) is 19.8. The molecule has 13 nitrogen and oxygen atoms in total. The summed E-state index contributed by atoms with van der Waals surface area (Å²) < 4.78 is 21.6. The monoisotopic (exact) mass is 526 g/mol. The fraction of sp³-hybridized carbons (Fsp3) is 0.500. The Hall–Kier alpha value is -3.20. The summed E-state index contributed by atoms with van der Waals surface area (Å²) >= 11 is 0. The highest BCUT2D eigenvalue weighted by Crippen LogP contribution is 2.36. The first kappa shape index (κ1) is 28.4. The van der Waals surface area contributed by atoms with Crippen LogP contribution >= 0.6 is 0 Å². The van der Waals surface area contributed by atoms with E-state index in [1.807, 2.05) is 0 Å². The van der Waals surface area contributed by atoms with Crippen LogP contribution in [0.5, 0.6) is 11.5 Å². The smallest absolute Gasteiger partial charge is 0.335 e. The molecular formula is C24H30O13. The number of hydrogen-bond donors (Lipinski definition) is 7. The number of carbonyl (C=O) groups is 2. The molecule has 2 aliphatic rings. The number of aromatic hydroxyl groups is 2. The van der Waals surface area contributed by atoms with Crippen LogP contribution in [0, 0.1) is 5.92 Å². The third-order valence-corrected chi connectivity index (χ3v) is 6.12. The predicted molar refractivity (Wildman–Crippen MR) is 122 cm³/mol. The fourth-order valence-corrected chi connectivity index (χ4v) is 4.05. The third kappa shape index (κ3) is 6.57. The molecular weight excluding hydrogens is 496 g/mol. The molecule has 0 aliphatic carbocycles. The molecule has 0 radical (unpaired) electrons. The van der Waals surface area contributed by atoms with E-state index < -0.39 is 67.9 Å². The van der Waals surface area contributed by atoms with Gasteiger partial charge in [0.1, 0.15) is 24.4 Å². The van der Waals surface area contributed by atoms with Gasteiger partial charge in [-0.05, 0) is 24.6 Å². The number of carboxylic acid groups (broad SMARTS) is 1. The van der Waals surface area contributed by atoms with E-state index in [9.17, 15) is 45.3 Å². The zero-order chi connectivity index (χ0) is 27.3. The molecule has 0 saturated carbocycles. The second kappa shape index (κ2) is 12.4. The van der Waals surface area contributed by atoms with E-state index in [0.29, 0.717) is 5.56 Å². The van der Waals surface area contributed by atoms with Crippen LogP contribution in [-0.4, -0.2) is 97.9 Å². The number of ether oxygens (including phenoxy) is 4. The van der Waals surface area contributed by atoms with Crippen molar-refractivity contribution in [1.29, 1.82) is 0 Å². The quantitative estimate of drug-likeness (QED) is 0.120. The van der Waals surface area contributed by atoms with Crippen molar-refractivity contribution in [2.24, 2.45) is 5.92 Å². The standard InChI is InChI=1S/C24H30O13/c1-2-12-13(8-18(28)34-6-5-11-3-4-15(26)16(27)7-11)14(22(32)33)10-35-23(12)37-24-21(31)20(30)19(29)17(9-25)36-24/h2-4,7,10,13,17,19-21,23-27,29-31H,5-6,8-9H2,1H3,(H,32,33)/t13?,17-,19-,20+,21-,23?,24?/m0/s1. The average Bonchev–Trinajstić information content (AvgIpc) is 2.86. The Kier molecular flexibility index (Phi) is 9.48. The van der Waals surface area contributed by atoms with Gasteiger partial charge < -0.3 is 54.7 Å². The Morgan fingerprint density at radius 3 is 2.43 bits per heavy atom. The summed E-state index contributed by atoms with van der Waals surface area (Å²) in [4.78, 5) is 24.4. The van der Waals surface area contributed by atoms with E-state index in [4.69, 9.17) is 18.9 Å². The van der Waals surface area contributed by atoms with E-state index in [-0.39, 0.29) is 35.7 Å². The van der Waals surface area contributed by atoms with Gasteiger partial charge in [-0.25, -0.2) is 4.79 Å². The lowest BCUT2D eigenvalue weighted by molar-refractivity contribution is -0.327. The second-order valence-electron chi connectivity index (χ2n) is 8.52. The molecule has 13 heteroatoms. The molecule has 204 valence electrons. The van der Waals surface area contributed by atoms with E-state index in [1.54, 1.807) is 13.0 Å². The summed E-state index contributed by atoms with van der Waals surface area (Å²) in [6.07, 6.45) is -6.90. The topological polar surface area (TPSA) is 213 Å². The lowest BCUT2D eigenvalue weighted by atomic mass is 9.86. The van der Waals surface area contributed by atoms with Crippen molar-refractivity contribution in [3.63, 3.8) is 0 Å². The number of carboxylic acids is 1. The van der Waals surface area contributed by atoms with Gasteiger partial charge in [-0.3, -0.25) is 4.79 Å². The lowest BCUT2D eigenvalue weighted by Crippen LogP contribution is -2.60. The molecule has 0 bridgehead atoms. The van der Waals surface area contributed by atoms with Crippen molar-refractivity contribution < 1.29 is 64.3 Å². The van der Waals surface area contributed by atoms with Crippen LogP contribution < -0.4 is 0 Å². The second-order valence-corrected chi connectivity index (χ2v) is 8.52. The van der Waals surface area contributed by atoms with Gasteiger partial charge in [-0.2, -0.15) is 0 Å². The lowest BCUT2D eigenvalue weighted by Gasteiger charge is -2.41. The van der Waals surface area contributed by atoms with Crippen LogP contribution in [0.15, 0.2) is 41.7 Å². The summed E-state index contributed by atoms with van der Waals surface area (Å²) in [5, 5.41) is 68.1. The van der Waals surface area contributed by atoms with Gasteiger partial charge in [-0.1, -0.05) is 12.1 Å². The van der Waals surface area contributed by atoms with Crippen molar-refractivity contribution >= 4 is 11.9 Å². The summed E-state index contributed by atoms with van der Waals surface area (Å²) in [7, 11) is 0. The van der Waals surface area contributed by atoms with Crippen LogP contribution in [0.4, 0.5) is 0 Å². The molecule has 3 rings (SSSR count). The molecule has 1 fully saturated rings. The molecule has 7 atom stereocenters. The highest BCUT2D eigenvalue weighted by Gasteiger charge is 2.46. The van der Waals surface area contributed by atoms with Gasteiger partial charge in [-0.15, -0.1) is 0 Å². The molecule has 0 aromatic heterocycles. The van der Waals surface area contributed by atoms with E-state index >= 15 is 0 Å². The fourth-order valence-electron chi connectivity index (χ4n) is 4.05. The predicted octanol–water partition coefficient (Wildman–Crippen LogP) is -0.723. The maximum absolute atomic E-state index is 12.6. The van der Waals surface area contributed by atoms with Crippen LogP contribution in [0.1, 0.15) is 18.9 Å². The summed E-state index contributed by atoms with van der Waals surface area (Å²) in [5.41, 5.74) is 0.557. The first-order valence-corrected chi connectivity index (χ1v) is 11.4. The van der Waals surface area contributed by atoms with Crippen molar-refractivity contribution in [2.75, 3.05) is 13.2 Å². The van der Waals surface area contributed by atoms with Gasteiger partial charge in [0.05, 0.1) is 31.5 Å². The first-order valence-electron chi connectivity index (χ1n) is 11.4. The van der Waals surface area contributed by atoms with Crippen LogP contribution in [0.3, 0.4) is 0 Å². The molecule has 37 heavy (non-hydrogen) atoms. The largest absolute Gasteiger partial charge is 0.504 e. The first-order chi connectivity index (χ1) is 17.6. The van der Waals surface area contributed by atoms with Crippen molar-refractivity contribution in [3.8, 4) is 11.5 Å². The number of aliphatic hydroxyl groups is 4. The molecule has 2 aliphatic heterocycles. The molecule has 2 heterocycles. The van der Waals surface area contributed by atoms with Gasteiger partial charge in [0.25, 0.3) is 0 Å². The molecule has 7 N–H and O–H groups in total. The number of phenolic OH excluding ortho intramolecular Hbond substituents is 2. The normalized spacial score (nSPS) is 30.9. The Bertz CT molecular complexity index is 1030. The number of esters is 1. The van der Waals surface area contributed by atoms with Gasteiger partial charge in [0, 0.05) is 17.9 Å². The number of hydrogen-bond acceptors (Lipinski definition) is 12. The molecule has 1 aromatic rings. The maximum atomic E-state index is 12.6. The van der Waals surface area contributed by atoms with Gasteiger partial charge >= 0.3 is 11.9 Å². The van der Waals surface area contributed by atoms with E-state index in [1.165, 1.54) is 18.2 Å². The van der Waals surface area contributed by atoms with Gasteiger partial charge in [0.15, 0.2) is 17.8 Å². The number of benzene rings is 1. The van der Waals surface area contributed by atoms with Crippen molar-refractivity contribution in [2.45, 2.75) is 56.8 Å². The van der Waals surface area contributed by atoms with Crippen LogP contribution in [0.25, 0.3) is 0 Å². The van der Waals surface area contributed by atoms with E-state index in [2.05, 4.69) is 0 Å². The molecule has 0 spiro atoms. The van der Waals surface area contributed by atoms with Crippen molar-refractivity contribution in [1.82, 2.24) is 0 Å². The van der Waals surface area contributed by atoms with Crippen LogP contribution in [-0.2, 0) is 35.0 Å². The minimum Gasteiger partial charge on any atom is -0.504 e. The van der Waals surface area contributed by atoms with Crippen LogP contribution in [0.2, 0.25) is 0 Å². The third-order valence-electron chi connectivity index (χ3n) is 6.12. The zero-order valence-corrected chi connectivity index (χ0v) is 19.8. The minimum atomic E-state index is -1.72. The number of allylic oxidation sites excluding steroid dienone is 1. The maximum Gasteiger partial charge on any atom is 0.335 e. The number of rotatable bonds is 9. The SMILES string of the molecule is CC=C1C(OC2O[C@@H](CO)[C@H](O)[C@@H](O)[C@@H]2O)OC=C(C(=O)O)C1CC(=O)OCCc1ccc(O)c(O)c1. The summed E-state index contributed by atoms with van der Waals surface area (Å²) in [5.74, 6) is -3.70. The number of aliphatic carboxylic acids is 1.